The molecule has 1 rings (SSSR count). The summed E-state index contributed by atoms with van der Waals surface area (Å²) < 4.78 is 43.5. The van der Waals surface area contributed by atoms with Crippen molar-refractivity contribution in [3.63, 3.8) is 0 Å². The Morgan fingerprint density at radius 3 is 2.74 bits per heavy atom. The van der Waals surface area contributed by atoms with Crippen LogP contribution in [-0.2, 0) is 15.7 Å². The number of nitriles is 1. The Labute approximate surface area is 135 Å². The summed E-state index contributed by atoms with van der Waals surface area (Å²) in [4.78, 5) is 11.7. The predicted octanol–water partition coefficient (Wildman–Crippen LogP) is 2.94. The highest BCUT2D eigenvalue weighted by atomic mass is 35.5. The number of methoxy groups -OCH3 is 1. The molecule has 0 spiro atoms. The fraction of sp³-hybridized carbons (Fsp3) is 0.286. The Kier molecular flexibility index (Phi) is 6.88. The van der Waals surface area contributed by atoms with Gasteiger partial charge in [-0.05, 0) is 18.2 Å². The molecule has 0 aliphatic heterocycles. The standard InChI is InChI=1S/C14H13ClF3N3O2/c1-23-5-4-20-13(22)9(7-19)8-21-12-3-2-10(15)6-11(12)14(16,17)18/h2-3,6,8,21H,4-5H2,1H3,(H,20,22)/b9-8-. The summed E-state index contributed by atoms with van der Waals surface area (Å²) in [5.74, 6) is -0.723. The van der Waals surface area contributed by atoms with Crippen molar-refractivity contribution < 1.29 is 22.7 Å². The lowest BCUT2D eigenvalue weighted by Gasteiger charge is -2.13. The van der Waals surface area contributed by atoms with Crippen molar-refractivity contribution in [1.29, 1.82) is 5.26 Å². The predicted molar refractivity (Wildman–Crippen MR) is 78.7 cm³/mol. The van der Waals surface area contributed by atoms with Crippen molar-refractivity contribution in [2.45, 2.75) is 6.18 Å². The second-order valence-electron chi connectivity index (χ2n) is 4.25. The van der Waals surface area contributed by atoms with Crippen LogP contribution in [0.25, 0.3) is 0 Å². The summed E-state index contributed by atoms with van der Waals surface area (Å²) in [7, 11) is 1.44. The molecule has 0 bridgehead atoms. The molecule has 0 saturated carbocycles. The minimum atomic E-state index is -4.63. The molecule has 1 aromatic carbocycles. The van der Waals surface area contributed by atoms with Gasteiger partial charge in [-0.3, -0.25) is 4.79 Å². The van der Waals surface area contributed by atoms with Gasteiger partial charge in [0.1, 0.15) is 11.6 Å². The van der Waals surface area contributed by atoms with Gasteiger partial charge in [-0.2, -0.15) is 18.4 Å². The van der Waals surface area contributed by atoms with E-state index in [1.54, 1.807) is 6.07 Å². The quantitative estimate of drug-likeness (QED) is 0.471. The van der Waals surface area contributed by atoms with Gasteiger partial charge in [-0.25, -0.2) is 0 Å². The molecule has 0 heterocycles. The molecular weight excluding hydrogens is 335 g/mol. The number of rotatable bonds is 6. The normalized spacial score (nSPS) is 11.7. The number of hydrogen-bond donors (Lipinski definition) is 2. The zero-order valence-corrected chi connectivity index (χ0v) is 12.8. The van der Waals surface area contributed by atoms with Crippen LogP contribution in [0.4, 0.5) is 18.9 Å². The van der Waals surface area contributed by atoms with Gasteiger partial charge in [-0.15, -0.1) is 0 Å². The summed E-state index contributed by atoms with van der Waals surface area (Å²) in [6, 6.07) is 4.73. The molecule has 1 amide bonds. The summed E-state index contributed by atoms with van der Waals surface area (Å²) in [6.45, 7) is 0.413. The number of carbonyl (C=O) groups is 1. The van der Waals surface area contributed by atoms with Crippen LogP contribution in [-0.4, -0.2) is 26.2 Å². The van der Waals surface area contributed by atoms with E-state index in [0.717, 1.165) is 18.3 Å². The average Bonchev–Trinajstić information content (AvgIpc) is 2.48. The maximum absolute atomic E-state index is 12.9. The molecule has 1 aromatic rings. The van der Waals surface area contributed by atoms with Crippen molar-refractivity contribution in [2.75, 3.05) is 25.6 Å². The number of nitrogens with zero attached hydrogens (tertiary/aromatic N) is 1. The Balaban J connectivity index is 2.94. The molecule has 23 heavy (non-hydrogen) atoms. The average molecular weight is 348 g/mol. The van der Waals surface area contributed by atoms with Gasteiger partial charge < -0.3 is 15.4 Å². The number of hydrogen-bond acceptors (Lipinski definition) is 4. The first-order valence-electron chi connectivity index (χ1n) is 6.30. The fourth-order valence-electron chi connectivity index (χ4n) is 1.54. The van der Waals surface area contributed by atoms with Gasteiger partial charge in [0.2, 0.25) is 0 Å². The Bertz CT molecular complexity index is 639. The lowest BCUT2D eigenvalue weighted by molar-refractivity contribution is -0.136. The van der Waals surface area contributed by atoms with Crippen molar-refractivity contribution in [3.05, 3.63) is 40.6 Å². The van der Waals surface area contributed by atoms with E-state index in [9.17, 15) is 18.0 Å². The Morgan fingerprint density at radius 2 is 2.17 bits per heavy atom. The van der Waals surface area contributed by atoms with E-state index in [2.05, 4.69) is 10.6 Å². The highest BCUT2D eigenvalue weighted by molar-refractivity contribution is 6.30. The van der Waals surface area contributed by atoms with Crippen molar-refractivity contribution in [3.8, 4) is 6.07 Å². The number of anilines is 1. The van der Waals surface area contributed by atoms with Crippen LogP contribution in [0.5, 0.6) is 0 Å². The first kappa shape index (κ1) is 18.8. The number of nitrogens with one attached hydrogen (secondary N) is 2. The Morgan fingerprint density at radius 1 is 1.48 bits per heavy atom. The third-order valence-electron chi connectivity index (χ3n) is 2.62. The lowest BCUT2D eigenvalue weighted by atomic mass is 10.1. The molecule has 9 heteroatoms. The monoisotopic (exact) mass is 347 g/mol. The first-order chi connectivity index (χ1) is 10.8. The van der Waals surface area contributed by atoms with Crippen LogP contribution in [0.15, 0.2) is 30.0 Å². The summed E-state index contributed by atoms with van der Waals surface area (Å²) in [5.41, 5.74) is -1.69. The van der Waals surface area contributed by atoms with Gasteiger partial charge in [0, 0.05) is 24.9 Å². The van der Waals surface area contributed by atoms with Crippen molar-refractivity contribution >= 4 is 23.2 Å². The van der Waals surface area contributed by atoms with Crippen LogP contribution < -0.4 is 10.6 Å². The number of ether oxygens (including phenoxy) is 1. The van der Waals surface area contributed by atoms with Crippen LogP contribution in [0.3, 0.4) is 0 Å². The second-order valence-corrected chi connectivity index (χ2v) is 4.69. The lowest BCUT2D eigenvalue weighted by Crippen LogP contribution is -2.28. The van der Waals surface area contributed by atoms with Crippen molar-refractivity contribution in [2.24, 2.45) is 0 Å². The molecule has 0 atom stereocenters. The van der Waals surface area contributed by atoms with E-state index < -0.39 is 17.6 Å². The van der Waals surface area contributed by atoms with Gasteiger partial charge in [-0.1, -0.05) is 11.6 Å². The largest absolute Gasteiger partial charge is 0.418 e. The summed E-state index contributed by atoms with van der Waals surface area (Å²) >= 11 is 5.56. The number of amides is 1. The number of alkyl halides is 3. The van der Waals surface area contributed by atoms with Gasteiger partial charge >= 0.3 is 6.18 Å². The van der Waals surface area contributed by atoms with Crippen LogP contribution >= 0.6 is 11.6 Å². The first-order valence-corrected chi connectivity index (χ1v) is 6.68. The van der Waals surface area contributed by atoms with E-state index >= 15 is 0 Å². The van der Waals surface area contributed by atoms with E-state index in [1.807, 2.05) is 0 Å². The molecule has 124 valence electrons. The molecule has 0 unspecified atom stereocenters. The topological polar surface area (TPSA) is 74.1 Å². The second kappa shape index (κ2) is 8.41. The van der Waals surface area contributed by atoms with E-state index in [-0.39, 0.29) is 29.4 Å². The highest BCUT2D eigenvalue weighted by Gasteiger charge is 2.33. The highest BCUT2D eigenvalue weighted by Crippen LogP contribution is 2.36. The minimum Gasteiger partial charge on any atom is -0.383 e. The van der Waals surface area contributed by atoms with Crippen LogP contribution in [0, 0.1) is 11.3 Å². The number of benzene rings is 1. The Hall–Kier alpha value is -2.24. The maximum atomic E-state index is 12.9. The van der Waals surface area contributed by atoms with E-state index in [0.29, 0.717) is 0 Å². The molecule has 0 saturated heterocycles. The molecule has 0 aromatic heterocycles. The van der Waals surface area contributed by atoms with Gasteiger partial charge in [0.15, 0.2) is 0 Å². The van der Waals surface area contributed by atoms with E-state index in [4.69, 9.17) is 21.6 Å². The van der Waals surface area contributed by atoms with Gasteiger partial charge in [0.25, 0.3) is 5.91 Å². The third kappa shape index (κ3) is 5.81. The molecule has 0 radical (unpaired) electrons. The maximum Gasteiger partial charge on any atom is 0.418 e. The minimum absolute atomic E-state index is 0.0790. The third-order valence-corrected chi connectivity index (χ3v) is 2.85. The summed E-state index contributed by atoms with van der Waals surface area (Å²) in [6.07, 6.45) is -3.73. The van der Waals surface area contributed by atoms with Crippen molar-refractivity contribution in [1.82, 2.24) is 5.32 Å². The molecular formula is C14H13ClF3N3O2. The van der Waals surface area contributed by atoms with Crippen LogP contribution in [0.1, 0.15) is 5.56 Å². The fourth-order valence-corrected chi connectivity index (χ4v) is 1.71. The van der Waals surface area contributed by atoms with Crippen LogP contribution in [0.2, 0.25) is 5.02 Å². The van der Waals surface area contributed by atoms with E-state index in [1.165, 1.54) is 13.2 Å². The molecule has 5 nitrogen and oxygen atoms in total. The zero-order chi connectivity index (χ0) is 17.5. The number of halogens is 4. The van der Waals surface area contributed by atoms with Gasteiger partial charge in [0.05, 0.1) is 17.9 Å². The number of carbonyl (C=O) groups excluding carboxylic acids is 1. The molecule has 0 aliphatic rings. The summed E-state index contributed by atoms with van der Waals surface area (Å²) in [5, 5.41) is 13.5. The SMILES string of the molecule is COCCNC(=O)/C(C#N)=C\Nc1ccc(Cl)cc1C(F)(F)F. The molecule has 2 N–H and O–H groups in total. The smallest absolute Gasteiger partial charge is 0.383 e. The molecule has 0 aliphatic carbocycles. The zero-order valence-electron chi connectivity index (χ0n) is 12.0. The molecule has 0 fully saturated rings.